The second-order valence-electron chi connectivity index (χ2n) is 7.26. The monoisotopic (exact) mass is 382 g/mol. The van der Waals surface area contributed by atoms with E-state index < -0.39 is 11.8 Å². The summed E-state index contributed by atoms with van der Waals surface area (Å²) in [6.07, 6.45) is 4.25. The fourth-order valence-corrected chi connectivity index (χ4v) is 3.38. The molecule has 0 spiro atoms. The molecule has 0 unspecified atom stereocenters. The summed E-state index contributed by atoms with van der Waals surface area (Å²) in [5.74, 6) is -0.537. The van der Waals surface area contributed by atoms with E-state index in [-0.39, 0.29) is 11.9 Å². The highest BCUT2D eigenvalue weighted by molar-refractivity contribution is 6.04. The Bertz CT molecular complexity index is 892. The van der Waals surface area contributed by atoms with Gasteiger partial charge >= 0.3 is 6.03 Å². The predicted molar refractivity (Wildman–Crippen MR) is 107 cm³/mol. The molecule has 0 bridgehead atoms. The molecule has 28 heavy (non-hydrogen) atoms. The smallest absolute Gasteiger partial charge is 0.323 e. The molecular formula is C21H23FN4O2. The highest BCUT2D eigenvalue weighted by atomic mass is 19.1. The van der Waals surface area contributed by atoms with Crippen molar-refractivity contribution in [3.63, 3.8) is 0 Å². The second kappa shape index (κ2) is 7.88. The number of nitrogens with one attached hydrogen (secondary N) is 3. The standard InChI is InChI=1S/C21H23FN4O2/c22-14-4-3-5-16(12-14)24-21(28)25-17-8-9-19(26-10-1-2-11-26)18(13-17)20(27)23-15-6-7-15/h3-5,8-9,12-13,15H,1-2,6-7,10-11H2,(H,23,27)(H2,24,25,28). The zero-order chi connectivity index (χ0) is 19.5. The third-order valence-corrected chi connectivity index (χ3v) is 4.94. The van der Waals surface area contributed by atoms with Gasteiger partial charge in [0.05, 0.1) is 5.56 Å². The molecule has 3 amide bonds. The van der Waals surface area contributed by atoms with Gasteiger partial charge in [0, 0.05) is 36.2 Å². The Hall–Kier alpha value is -3.09. The molecule has 0 atom stereocenters. The fraction of sp³-hybridized carbons (Fsp3) is 0.333. The average molecular weight is 382 g/mol. The molecule has 146 valence electrons. The summed E-state index contributed by atoms with van der Waals surface area (Å²) in [6.45, 7) is 1.85. The summed E-state index contributed by atoms with van der Waals surface area (Å²) < 4.78 is 13.3. The van der Waals surface area contributed by atoms with Gasteiger partial charge in [-0.25, -0.2) is 9.18 Å². The predicted octanol–water partition coefficient (Wildman–Crippen LogP) is 3.96. The Kier molecular flexibility index (Phi) is 5.14. The molecule has 1 aliphatic heterocycles. The molecule has 2 aromatic carbocycles. The maximum Gasteiger partial charge on any atom is 0.323 e. The first kappa shape index (κ1) is 18.3. The lowest BCUT2D eigenvalue weighted by Gasteiger charge is -2.22. The molecule has 1 saturated heterocycles. The van der Waals surface area contributed by atoms with E-state index in [1.54, 1.807) is 18.2 Å². The van der Waals surface area contributed by atoms with Gasteiger partial charge in [0.1, 0.15) is 5.82 Å². The SMILES string of the molecule is O=C(Nc1cccc(F)c1)Nc1ccc(N2CCCC2)c(C(=O)NC2CC2)c1. The van der Waals surface area contributed by atoms with Gasteiger partial charge in [-0.05, 0) is 62.1 Å². The fourth-order valence-electron chi connectivity index (χ4n) is 3.38. The van der Waals surface area contributed by atoms with E-state index >= 15 is 0 Å². The number of carbonyl (C=O) groups is 2. The largest absolute Gasteiger partial charge is 0.371 e. The number of halogens is 1. The van der Waals surface area contributed by atoms with Crippen LogP contribution in [-0.4, -0.2) is 31.1 Å². The quantitative estimate of drug-likeness (QED) is 0.733. The second-order valence-corrected chi connectivity index (χ2v) is 7.26. The van der Waals surface area contributed by atoms with Crippen molar-refractivity contribution < 1.29 is 14.0 Å². The molecule has 0 aromatic heterocycles. The maximum atomic E-state index is 13.3. The average Bonchev–Trinajstić information content (AvgIpc) is 3.30. The molecular weight excluding hydrogens is 359 g/mol. The summed E-state index contributed by atoms with van der Waals surface area (Å²) in [7, 11) is 0. The third kappa shape index (κ3) is 4.42. The van der Waals surface area contributed by atoms with Crippen LogP contribution in [0.15, 0.2) is 42.5 Å². The van der Waals surface area contributed by atoms with Crippen molar-refractivity contribution in [3.05, 3.63) is 53.8 Å². The lowest BCUT2D eigenvalue weighted by Crippen LogP contribution is -2.29. The Labute approximate surface area is 163 Å². The minimum absolute atomic E-state index is 0.112. The Morgan fingerprint density at radius 1 is 0.964 bits per heavy atom. The van der Waals surface area contributed by atoms with Gasteiger partial charge in [-0.15, -0.1) is 0 Å². The molecule has 1 heterocycles. The molecule has 1 aliphatic carbocycles. The number of amides is 3. The number of urea groups is 1. The van der Waals surface area contributed by atoms with Gasteiger partial charge < -0.3 is 20.9 Å². The van der Waals surface area contributed by atoms with Crippen LogP contribution >= 0.6 is 0 Å². The van der Waals surface area contributed by atoms with Crippen LogP contribution in [0.1, 0.15) is 36.0 Å². The van der Waals surface area contributed by atoms with Crippen LogP contribution in [0, 0.1) is 5.82 Å². The highest BCUT2D eigenvalue weighted by Gasteiger charge is 2.26. The van der Waals surface area contributed by atoms with Crippen molar-refractivity contribution in [2.75, 3.05) is 28.6 Å². The summed E-state index contributed by atoms with van der Waals surface area (Å²) in [6, 6.07) is 10.8. The molecule has 2 fully saturated rings. The molecule has 0 radical (unpaired) electrons. The zero-order valence-electron chi connectivity index (χ0n) is 15.5. The first-order valence-corrected chi connectivity index (χ1v) is 9.62. The normalized spacial score (nSPS) is 16.0. The summed E-state index contributed by atoms with van der Waals surface area (Å²) in [5.41, 5.74) is 2.33. The van der Waals surface area contributed by atoms with E-state index in [9.17, 15) is 14.0 Å². The molecule has 4 rings (SSSR count). The molecule has 7 heteroatoms. The lowest BCUT2D eigenvalue weighted by molar-refractivity contribution is 0.0951. The van der Waals surface area contributed by atoms with Crippen molar-refractivity contribution >= 4 is 29.0 Å². The van der Waals surface area contributed by atoms with Crippen LogP contribution in [-0.2, 0) is 0 Å². The molecule has 3 N–H and O–H groups in total. The first-order chi connectivity index (χ1) is 13.6. The van der Waals surface area contributed by atoms with Gasteiger partial charge in [-0.1, -0.05) is 6.07 Å². The van der Waals surface area contributed by atoms with Crippen LogP contribution in [0.5, 0.6) is 0 Å². The summed E-state index contributed by atoms with van der Waals surface area (Å²) in [4.78, 5) is 27.2. The van der Waals surface area contributed by atoms with Crippen LogP contribution in [0.2, 0.25) is 0 Å². The van der Waals surface area contributed by atoms with E-state index in [1.165, 1.54) is 18.2 Å². The van der Waals surface area contributed by atoms with Crippen molar-refractivity contribution in [1.29, 1.82) is 0 Å². The topological polar surface area (TPSA) is 73.5 Å². The first-order valence-electron chi connectivity index (χ1n) is 9.62. The van der Waals surface area contributed by atoms with Gasteiger partial charge in [-0.2, -0.15) is 0 Å². The number of benzene rings is 2. The molecule has 2 aliphatic rings. The van der Waals surface area contributed by atoms with Crippen LogP contribution < -0.4 is 20.9 Å². The van der Waals surface area contributed by atoms with E-state index in [0.717, 1.165) is 44.5 Å². The van der Waals surface area contributed by atoms with Gasteiger partial charge in [-0.3, -0.25) is 4.79 Å². The Balaban J connectivity index is 1.51. The van der Waals surface area contributed by atoms with Crippen molar-refractivity contribution in [2.45, 2.75) is 31.7 Å². The number of carbonyl (C=O) groups excluding carboxylic acids is 2. The number of nitrogens with zero attached hydrogens (tertiary/aromatic N) is 1. The van der Waals surface area contributed by atoms with Gasteiger partial charge in [0.2, 0.25) is 0 Å². The number of hydrogen-bond acceptors (Lipinski definition) is 3. The number of hydrogen-bond donors (Lipinski definition) is 3. The third-order valence-electron chi connectivity index (χ3n) is 4.94. The molecule has 2 aromatic rings. The van der Waals surface area contributed by atoms with E-state index in [0.29, 0.717) is 16.9 Å². The minimum Gasteiger partial charge on any atom is -0.371 e. The van der Waals surface area contributed by atoms with E-state index in [4.69, 9.17) is 0 Å². The van der Waals surface area contributed by atoms with Crippen molar-refractivity contribution in [1.82, 2.24) is 5.32 Å². The van der Waals surface area contributed by atoms with Crippen LogP contribution in [0.25, 0.3) is 0 Å². The van der Waals surface area contributed by atoms with E-state index in [1.807, 2.05) is 6.07 Å². The van der Waals surface area contributed by atoms with Crippen LogP contribution in [0.3, 0.4) is 0 Å². The van der Waals surface area contributed by atoms with Gasteiger partial charge in [0.15, 0.2) is 0 Å². The summed E-state index contributed by atoms with van der Waals surface area (Å²) in [5, 5.41) is 8.34. The maximum absolute atomic E-state index is 13.3. The Morgan fingerprint density at radius 3 is 2.36 bits per heavy atom. The number of anilines is 3. The summed E-state index contributed by atoms with van der Waals surface area (Å²) >= 11 is 0. The molecule has 1 saturated carbocycles. The van der Waals surface area contributed by atoms with Gasteiger partial charge in [0.25, 0.3) is 5.91 Å². The highest BCUT2D eigenvalue weighted by Crippen LogP contribution is 2.29. The van der Waals surface area contributed by atoms with E-state index in [2.05, 4.69) is 20.9 Å². The van der Waals surface area contributed by atoms with Crippen LogP contribution in [0.4, 0.5) is 26.2 Å². The number of rotatable bonds is 5. The molecule has 6 nitrogen and oxygen atoms in total. The minimum atomic E-state index is -0.493. The Morgan fingerprint density at radius 2 is 1.68 bits per heavy atom. The van der Waals surface area contributed by atoms with Crippen molar-refractivity contribution in [2.24, 2.45) is 0 Å². The lowest BCUT2D eigenvalue weighted by atomic mass is 10.1. The zero-order valence-corrected chi connectivity index (χ0v) is 15.5. The van der Waals surface area contributed by atoms with Crippen molar-refractivity contribution in [3.8, 4) is 0 Å².